The molecule has 2 aliphatic rings. The highest BCUT2D eigenvalue weighted by molar-refractivity contribution is 7.92. The second-order valence-electron chi connectivity index (χ2n) is 7.10. The second-order valence-corrected chi connectivity index (χ2v) is 9.22. The summed E-state index contributed by atoms with van der Waals surface area (Å²) in [4.78, 5) is 15.9. The molecule has 2 aromatic carbocycles. The maximum absolute atomic E-state index is 12.9. The highest BCUT2D eigenvalue weighted by Gasteiger charge is 2.24. The number of carbonyl (C=O) groups is 1. The van der Waals surface area contributed by atoms with Crippen molar-refractivity contribution in [2.75, 3.05) is 34.2 Å². The van der Waals surface area contributed by atoms with E-state index >= 15 is 0 Å². The molecular formula is C20H22ClN3O3S. The predicted octanol–water partition coefficient (Wildman–Crippen LogP) is 3.87. The van der Waals surface area contributed by atoms with Gasteiger partial charge in [0.2, 0.25) is 5.91 Å². The molecule has 0 aliphatic carbocycles. The van der Waals surface area contributed by atoms with Crippen molar-refractivity contribution < 1.29 is 13.2 Å². The third-order valence-electron chi connectivity index (χ3n) is 5.18. The van der Waals surface area contributed by atoms with Crippen LogP contribution in [0.15, 0.2) is 47.4 Å². The molecule has 1 amide bonds. The minimum absolute atomic E-state index is 0.0721. The SMILES string of the molecule is O=C1CCCN1c1ccc(S(=O)(=O)Nc2cc(Cl)ccc2N2CCCC2)cc1. The lowest BCUT2D eigenvalue weighted by molar-refractivity contribution is -0.117. The molecule has 148 valence electrons. The second kappa shape index (κ2) is 7.64. The zero-order chi connectivity index (χ0) is 19.7. The monoisotopic (exact) mass is 419 g/mol. The summed E-state index contributed by atoms with van der Waals surface area (Å²) in [6.07, 6.45) is 3.54. The highest BCUT2D eigenvalue weighted by atomic mass is 35.5. The van der Waals surface area contributed by atoms with Gasteiger partial charge in [0.1, 0.15) is 0 Å². The summed E-state index contributed by atoms with van der Waals surface area (Å²) in [6, 6.07) is 11.7. The number of nitrogens with one attached hydrogen (secondary N) is 1. The summed E-state index contributed by atoms with van der Waals surface area (Å²) in [5.41, 5.74) is 2.04. The van der Waals surface area contributed by atoms with E-state index in [0.717, 1.165) is 43.7 Å². The number of anilines is 3. The Bertz CT molecular complexity index is 986. The van der Waals surface area contributed by atoms with Gasteiger partial charge in [-0.15, -0.1) is 0 Å². The molecule has 0 saturated carbocycles. The van der Waals surface area contributed by atoms with E-state index in [0.29, 0.717) is 23.7 Å². The van der Waals surface area contributed by atoms with Crippen molar-refractivity contribution in [1.29, 1.82) is 0 Å². The van der Waals surface area contributed by atoms with Gasteiger partial charge in [0.15, 0.2) is 0 Å². The zero-order valence-electron chi connectivity index (χ0n) is 15.4. The fourth-order valence-electron chi connectivity index (χ4n) is 3.75. The van der Waals surface area contributed by atoms with Crippen molar-refractivity contribution >= 4 is 44.6 Å². The first-order valence-electron chi connectivity index (χ1n) is 9.42. The van der Waals surface area contributed by atoms with Crippen LogP contribution in [0.25, 0.3) is 0 Å². The molecule has 28 heavy (non-hydrogen) atoms. The van der Waals surface area contributed by atoms with Crippen molar-refractivity contribution in [3.63, 3.8) is 0 Å². The topological polar surface area (TPSA) is 69.7 Å². The van der Waals surface area contributed by atoms with Gasteiger partial charge >= 0.3 is 0 Å². The first-order chi connectivity index (χ1) is 13.4. The fraction of sp³-hybridized carbons (Fsp3) is 0.350. The number of hydrogen-bond acceptors (Lipinski definition) is 4. The van der Waals surface area contributed by atoms with Crippen LogP contribution in [0.2, 0.25) is 5.02 Å². The van der Waals surface area contributed by atoms with Crippen LogP contribution < -0.4 is 14.5 Å². The molecule has 2 aromatic rings. The molecule has 0 radical (unpaired) electrons. The summed E-state index contributed by atoms with van der Waals surface area (Å²) >= 11 is 6.11. The number of amides is 1. The van der Waals surface area contributed by atoms with Crippen LogP contribution >= 0.6 is 11.6 Å². The third kappa shape index (κ3) is 3.82. The molecule has 6 nitrogen and oxygen atoms in total. The van der Waals surface area contributed by atoms with Crippen LogP contribution in [0, 0.1) is 0 Å². The largest absolute Gasteiger partial charge is 0.370 e. The van der Waals surface area contributed by atoms with Crippen molar-refractivity contribution in [2.45, 2.75) is 30.6 Å². The number of nitrogens with zero attached hydrogens (tertiary/aromatic N) is 2. The standard InChI is InChI=1S/C20H22ClN3O3S/c21-15-5-10-19(23-11-1-2-12-23)18(14-15)22-28(26,27)17-8-6-16(7-9-17)24-13-3-4-20(24)25/h5-10,14,22H,1-4,11-13H2. The van der Waals surface area contributed by atoms with Crippen LogP contribution in [-0.4, -0.2) is 34.0 Å². The molecule has 0 unspecified atom stereocenters. The van der Waals surface area contributed by atoms with Gasteiger partial charge in [-0.1, -0.05) is 11.6 Å². The molecule has 0 spiro atoms. The lowest BCUT2D eigenvalue weighted by atomic mass is 10.2. The van der Waals surface area contributed by atoms with Crippen LogP contribution in [0.1, 0.15) is 25.7 Å². The van der Waals surface area contributed by atoms with E-state index in [9.17, 15) is 13.2 Å². The number of hydrogen-bond donors (Lipinski definition) is 1. The number of halogens is 1. The number of benzene rings is 2. The maximum Gasteiger partial charge on any atom is 0.261 e. The Morgan fingerprint density at radius 2 is 1.64 bits per heavy atom. The van der Waals surface area contributed by atoms with E-state index in [1.807, 2.05) is 6.07 Å². The van der Waals surface area contributed by atoms with E-state index in [1.54, 1.807) is 29.2 Å². The Balaban J connectivity index is 1.59. The Kier molecular flexibility index (Phi) is 5.21. The fourth-order valence-corrected chi connectivity index (χ4v) is 4.99. The smallest absolute Gasteiger partial charge is 0.261 e. The lowest BCUT2D eigenvalue weighted by Crippen LogP contribution is -2.24. The van der Waals surface area contributed by atoms with Crippen molar-refractivity contribution in [3.05, 3.63) is 47.5 Å². The molecule has 2 heterocycles. The van der Waals surface area contributed by atoms with Crippen molar-refractivity contribution in [1.82, 2.24) is 0 Å². The first kappa shape index (κ1) is 19.1. The van der Waals surface area contributed by atoms with Gasteiger partial charge in [-0.3, -0.25) is 9.52 Å². The van der Waals surface area contributed by atoms with Gasteiger partial charge in [0.05, 0.1) is 16.3 Å². The quantitative estimate of drug-likeness (QED) is 0.798. The van der Waals surface area contributed by atoms with Crippen LogP contribution in [0.5, 0.6) is 0 Å². The highest BCUT2D eigenvalue weighted by Crippen LogP contribution is 2.33. The van der Waals surface area contributed by atoms with Gasteiger partial charge in [0.25, 0.3) is 10.0 Å². The van der Waals surface area contributed by atoms with Crippen molar-refractivity contribution in [2.24, 2.45) is 0 Å². The Morgan fingerprint density at radius 1 is 0.929 bits per heavy atom. The van der Waals surface area contributed by atoms with Crippen LogP contribution in [0.3, 0.4) is 0 Å². The van der Waals surface area contributed by atoms with Crippen LogP contribution in [0.4, 0.5) is 17.1 Å². The van der Waals surface area contributed by atoms with Gasteiger partial charge in [0, 0.05) is 36.8 Å². The zero-order valence-corrected chi connectivity index (χ0v) is 17.0. The Labute approximate surface area is 170 Å². The van der Waals surface area contributed by atoms with Gasteiger partial charge in [-0.25, -0.2) is 8.42 Å². The van der Waals surface area contributed by atoms with E-state index in [4.69, 9.17) is 11.6 Å². The molecule has 2 aliphatic heterocycles. The van der Waals surface area contributed by atoms with E-state index in [2.05, 4.69) is 9.62 Å². The number of rotatable bonds is 5. The molecule has 2 fully saturated rings. The molecule has 4 rings (SSSR count). The van der Waals surface area contributed by atoms with Crippen LogP contribution in [-0.2, 0) is 14.8 Å². The molecule has 1 N–H and O–H groups in total. The van der Waals surface area contributed by atoms with E-state index < -0.39 is 10.0 Å². The summed E-state index contributed by atoms with van der Waals surface area (Å²) in [5, 5.41) is 0.476. The Hall–Kier alpha value is -2.25. The molecular weight excluding hydrogens is 398 g/mol. The third-order valence-corrected chi connectivity index (χ3v) is 6.80. The molecule has 0 atom stereocenters. The average Bonchev–Trinajstić information content (AvgIpc) is 3.33. The summed E-state index contributed by atoms with van der Waals surface area (Å²) in [7, 11) is -3.77. The lowest BCUT2D eigenvalue weighted by Gasteiger charge is -2.22. The van der Waals surface area contributed by atoms with Gasteiger partial charge in [-0.2, -0.15) is 0 Å². The van der Waals surface area contributed by atoms with Crippen molar-refractivity contribution in [3.8, 4) is 0 Å². The molecule has 0 aromatic heterocycles. The average molecular weight is 420 g/mol. The van der Waals surface area contributed by atoms with E-state index in [1.165, 1.54) is 12.1 Å². The maximum atomic E-state index is 12.9. The molecule has 2 saturated heterocycles. The Morgan fingerprint density at radius 3 is 2.29 bits per heavy atom. The minimum atomic E-state index is -3.77. The predicted molar refractivity (Wildman–Crippen MR) is 112 cm³/mol. The van der Waals surface area contributed by atoms with E-state index in [-0.39, 0.29) is 10.8 Å². The van der Waals surface area contributed by atoms with Gasteiger partial charge in [-0.05, 0) is 61.7 Å². The summed E-state index contributed by atoms with van der Waals surface area (Å²) in [5.74, 6) is 0.0721. The number of sulfonamides is 1. The normalized spacial score (nSPS) is 17.4. The van der Waals surface area contributed by atoms with Gasteiger partial charge < -0.3 is 9.80 Å². The summed E-state index contributed by atoms with van der Waals surface area (Å²) < 4.78 is 28.5. The molecule has 0 bridgehead atoms. The first-order valence-corrected chi connectivity index (χ1v) is 11.3. The summed E-state index contributed by atoms with van der Waals surface area (Å²) in [6.45, 7) is 2.47. The molecule has 8 heteroatoms. The minimum Gasteiger partial charge on any atom is -0.370 e. The number of carbonyl (C=O) groups excluding carboxylic acids is 1.